The van der Waals surface area contributed by atoms with E-state index in [4.69, 9.17) is 18.9 Å². The second-order valence-electron chi connectivity index (χ2n) is 12.3. The van der Waals surface area contributed by atoms with Gasteiger partial charge in [-0.15, -0.1) is 0 Å². The van der Waals surface area contributed by atoms with Crippen molar-refractivity contribution >= 4 is 11.6 Å². The lowest BCUT2D eigenvalue weighted by molar-refractivity contribution is -0.127. The molecular formula is C40H40N4O7. The van der Waals surface area contributed by atoms with Crippen LogP contribution in [0.25, 0.3) is 11.1 Å². The van der Waals surface area contributed by atoms with Crippen LogP contribution in [0, 0.1) is 35.5 Å². The van der Waals surface area contributed by atoms with Gasteiger partial charge in [-0.3, -0.25) is 14.6 Å². The van der Waals surface area contributed by atoms with Crippen molar-refractivity contribution in [3.8, 4) is 46.3 Å². The molecule has 1 aliphatic rings. The minimum atomic E-state index is -0.645. The first-order chi connectivity index (χ1) is 24.8. The fourth-order valence-corrected chi connectivity index (χ4v) is 5.75. The summed E-state index contributed by atoms with van der Waals surface area (Å²) in [5.74, 6) is 1.58. The van der Waals surface area contributed by atoms with Crippen LogP contribution in [0.3, 0.4) is 0 Å². The van der Waals surface area contributed by atoms with Crippen LogP contribution in [0.4, 0.5) is 0 Å². The average molecular weight is 689 g/mol. The lowest BCUT2D eigenvalue weighted by Crippen LogP contribution is -2.21. The number of nitrogens with zero attached hydrogens (tertiary/aromatic N) is 3. The maximum Gasteiger partial charge on any atom is 0.161 e. The molecule has 11 heteroatoms. The summed E-state index contributed by atoms with van der Waals surface area (Å²) in [6.45, 7) is 5.27. The van der Waals surface area contributed by atoms with Gasteiger partial charge in [0.15, 0.2) is 11.5 Å². The number of pyridine rings is 1. The van der Waals surface area contributed by atoms with Gasteiger partial charge in [-0.05, 0) is 67.8 Å². The molecule has 0 saturated heterocycles. The van der Waals surface area contributed by atoms with Gasteiger partial charge in [-0.25, -0.2) is 0 Å². The molecule has 0 bridgehead atoms. The number of carbonyl (C=O) groups excluding carboxylic acids is 2. The SMILES string of the molecule is CC(=O)[C@H](CO)CC(=O)CCCNCc1cc(C)c(OCc2cccc(-c3ccc4c(c3)OCCO4)c2C#N)cc1OCc1cncc(C#N)c1. The van der Waals surface area contributed by atoms with Crippen LogP contribution in [-0.2, 0) is 29.3 Å². The molecule has 2 N–H and O–H groups in total. The summed E-state index contributed by atoms with van der Waals surface area (Å²) in [4.78, 5) is 28.0. The molecule has 11 nitrogen and oxygen atoms in total. The third-order valence-corrected chi connectivity index (χ3v) is 8.57. The van der Waals surface area contributed by atoms with Crippen molar-refractivity contribution in [2.75, 3.05) is 26.4 Å². The molecule has 1 atom stereocenters. The molecule has 0 spiro atoms. The van der Waals surface area contributed by atoms with Gasteiger partial charge in [0.05, 0.1) is 17.7 Å². The van der Waals surface area contributed by atoms with E-state index in [1.807, 2.05) is 55.5 Å². The van der Waals surface area contributed by atoms with Crippen molar-refractivity contribution in [2.45, 2.75) is 52.9 Å². The fourth-order valence-electron chi connectivity index (χ4n) is 5.75. The number of hydrogen-bond acceptors (Lipinski definition) is 11. The Balaban J connectivity index is 1.30. The van der Waals surface area contributed by atoms with Crippen molar-refractivity contribution < 1.29 is 33.6 Å². The number of fused-ring (bicyclic) bond motifs is 1. The van der Waals surface area contributed by atoms with Crippen molar-refractivity contribution in [1.29, 1.82) is 10.5 Å². The Labute approximate surface area is 297 Å². The number of aryl methyl sites for hydroxylation is 1. The zero-order chi connectivity index (χ0) is 36.2. The van der Waals surface area contributed by atoms with E-state index < -0.39 is 5.92 Å². The highest BCUT2D eigenvalue weighted by molar-refractivity contribution is 5.86. The average Bonchev–Trinajstić information content (AvgIpc) is 3.15. The zero-order valence-electron chi connectivity index (χ0n) is 28.7. The summed E-state index contributed by atoms with van der Waals surface area (Å²) >= 11 is 0. The normalized spacial score (nSPS) is 12.3. The predicted molar refractivity (Wildman–Crippen MR) is 188 cm³/mol. The number of ether oxygens (including phenoxy) is 4. The smallest absolute Gasteiger partial charge is 0.161 e. The molecule has 5 rings (SSSR count). The van der Waals surface area contributed by atoms with Crippen LogP contribution in [0.15, 0.2) is 67.0 Å². The summed E-state index contributed by atoms with van der Waals surface area (Å²) in [6, 6.07) is 21.3. The highest BCUT2D eigenvalue weighted by atomic mass is 16.6. The molecule has 0 saturated carbocycles. The lowest BCUT2D eigenvalue weighted by atomic mass is 9.96. The molecule has 0 amide bonds. The van der Waals surface area contributed by atoms with Gasteiger partial charge in [-0.1, -0.05) is 24.3 Å². The molecule has 262 valence electrons. The molecule has 1 aromatic heterocycles. The zero-order valence-corrected chi connectivity index (χ0v) is 28.7. The van der Waals surface area contributed by atoms with Crippen LogP contribution < -0.4 is 24.3 Å². The maximum absolute atomic E-state index is 12.3. The minimum absolute atomic E-state index is 0.0465. The number of aromatic nitrogens is 1. The second kappa shape index (κ2) is 17.8. The first kappa shape index (κ1) is 36.5. The summed E-state index contributed by atoms with van der Waals surface area (Å²) in [5.41, 5.74) is 5.72. The standard InChI is InChI=1S/C40H40N4O7/c1-26-13-32(22-43-10-4-6-34(47)15-33(23-45)27(2)46)39(50-24-29-14-28(18-41)20-44-21-29)17-38(26)51-25-31-5-3-7-35(36(31)19-42)30-8-9-37-40(16-30)49-12-11-48-37/h3,5,7-9,13-14,16-17,20-21,33,43,45H,4,6,10-12,15,22-25H2,1-2H3/t33-/m0/s1. The number of carbonyl (C=O) groups is 2. The largest absolute Gasteiger partial charge is 0.488 e. The molecule has 1 aliphatic heterocycles. The summed E-state index contributed by atoms with van der Waals surface area (Å²) < 4.78 is 24.0. The van der Waals surface area contributed by atoms with E-state index in [2.05, 4.69) is 22.4 Å². The van der Waals surface area contributed by atoms with Crippen molar-refractivity contribution in [1.82, 2.24) is 10.3 Å². The highest BCUT2D eigenvalue weighted by Gasteiger charge is 2.19. The van der Waals surface area contributed by atoms with Gasteiger partial charge in [0.2, 0.25) is 0 Å². The molecule has 0 radical (unpaired) electrons. The molecule has 0 unspecified atom stereocenters. The van der Waals surface area contributed by atoms with Gasteiger partial charge in [0.25, 0.3) is 0 Å². The van der Waals surface area contributed by atoms with Crippen LogP contribution >= 0.6 is 0 Å². The Kier molecular flexibility index (Phi) is 12.7. The lowest BCUT2D eigenvalue weighted by Gasteiger charge is -2.19. The van der Waals surface area contributed by atoms with E-state index in [-0.39, 0.29) is 37.8 Å². The van der Waals surface area contributed by atoms with Crippen molar-refractivity contribution in [2.24, 2.45) is 5.92 Å². The second-order valence-corrected chi connectivity index (χ2v) is 12.3. The van der Waals surface area contributed by atoms with E-state index in [0.29, 0.717) is 73.3 Å². The number of rotatable bonds is 17. The Morgan fingerprint density at radius 2 is 1.76 bits per heavy atom. The Morgan fingerprint density at radius 1 is 0.961 bits per heavy atom. The maximum atomic E-state index is 12.3. The molecule has 0 aliphatic carbocycles. The van der Waals surface area contributed by atoms with Gasteiger partial charge in [0, 0.05) is 60.5 Å². The highest BCUT2D eigenvalue weighted by Crippen LogP contribution is 2.37. The van der Waals surface area contributed by atoms with Crippen LogP contribution in [0.1, 0.15) is 59.6 Å². The molecular weight excluding hydrogens is 648 g/mol. The number of aliphatic hydroxyl groups is 1. The number of ketones is 2. The fraction of sp³-hybridized carbons (Fsp3) is 0.325. The van der Waals surface area contributed by atoms with Crippen molar-refractivity contribution in [3.05, 3.63) is 100 Å². The number of nitrogens with one attached hydrogen (secondary N) is 1. The number of hydrogen-bond donors (Lipinski definition) is 2. The Morgan fingerprint density at radius 3 is 2.53 bits per heavy atom. The van der Waals surface area contributed by atoms with E-state index in [9.17, 15) is 25.2 Å². The summed E-state index contributed by atoms with van der Waals surface area (Å²) in [5, 5.41) is 32.2. The predicted octanol–water partition coefficient (Wildman–Crippen LogP) is 5.76. The molecule has 3 aromatic carbocycles. The third kappa shape index (κ3) is 9.70. The Bertz CT molecular complexity index is 1960. The number of benzene rings is 3. The van der Waals surface area contributed by atoms with Gasteiger partial charge in [-0.2, -0.15) is 10.5 Å². The van der Waals surface area contributed by atoms with E-state index in [0.717, 1.165) is 33.4 Å². The number of nitriles is 2. The first-order valence-corrected chi connectivity index (χ1v) is 16.8. The van der Waals surface area contributed by atoms with Gasteiger partial charge >= 0.3 is 0 Å². The quantitative estimate of drug-likeness (QED) is 0.130. The minimum Gasteiger partial charge on any atom is -0.488 e. The molecule has 4 aromatic rings. The third-order valence-electron chi connectivity index (χ3n) is 8.57. The number of aliphatic hydroxyl groups excluding tert-OH is 1. The first-order valence-electron chi connectivity index (χ1n) is 16.8. The summed E-state index contributed by atoms with van der Waals surface area (Å²) in [6.07, 6.45) is 4.06. The van der Waals surface area contributed by atoms with Crippen LogP contribution in [0.2, 0.25) is 0 Å². The van der Waals surface area contributed by atoms with Crippen LogP contribution in [-0.4, -0.2) is 48.0 Å². The Hall–Kier alpha value is -5.75. The van der Waals surface area contributed by atoms with Crippen LogP contribution in [0.5, 0.6) is 23.0 Å². The molecule has 2 heterocycles. The number of Topliss-reactive ketones (excluding diaryl/α,β-unsaturated/α-hetero) is 2. The van der Waals surface area contributed by atoms with Gasteiger partial charge in [0.1, 0.15) is 61.6 Å². The van der Waals surface area contributed by atoms with Gasteiger partial charge < -0.3 is 29.4 Å². The summed E-state index contributed by atoms with van der Waals surface area (Å²) in [7, 11) is 0. The van der Waals surface area contributed by atoms with E-state index in [1.165, 1.54) is 13.1 Å². The topological polar surface area (TPSA) is 164 Å². The van der Waals surface area contributed by atoms with E-state index in [1.54, 1.807) is 12.3 Å². The van der Waals surface area contributed by atoms with Crippen molar-refractivity contribution in [3.63, 3.8) is 0 Å². The monoisotopic (exact) mass is 688 g/mol. The molecule has 0 fully saturated rings. The molecule has 51 heavy (non-hydrogen) atoms. The van der Waals surface area contributed by atoms with E-state index >= 15 is 0 Å².